The molecule has 106 valence electrons. The van der Waals surface area contributed by atoms with Crippen molar-refractivity contribution in [2.24, 2.45) is 0 Å². The summed E-state index contributed by atoms with van der Waals surface area (Å²) in [6.07, 6.45) is 2.91. The van der Waals surface area contributed by atoms with Crippen molar-refractivity contribution in [2.45, 2.75) is 19.4 Å². The summed E-state index contributed by atoms with van der Waals surface area (Å²) in [7, 11) is 1.32. The number of methoxy groups -OCH3 is 1. The molecule has 1 atom stereocenters. The molecule has 0 aromatic carbocycles. The quantitative estimate of drug-likeness (QED) is 0.813. The molecular formula is C11H13N5O3S. The summed E-state index contributed by atoms with van der Waals surface area (Å²) in [5, 5.41) is 8.70. The van der Waals surface area contributed by atoms with Crippen molar-refractivity contribution < 1.29 is 14.3 Å². The van der Waals surface area contributed by atoms with Gasteiger partial charge < -0.3 is 10.1 Å². The number of hydrogen-bond donors (Lipinski definition) is 1. The van der Waals surface area contributed by atoms with Crippen LogP contribution in [0, 0.1) is 0 Å². The van der Waals surface area contributed by atoms with Crippen LogP contribution in [0.1, 0.15) is 18.7 Å². The molecule has 0 bridgehead atoms. The van der Waals surface area contributed by atoms with Gasteiger partial charge in [-0.15, -0.1) is 11.3 Å². The standard InChI is InChI=1S/C11H13N5O3S/c1-7(16-6-12-5-13-16)10(18)15-11-14-8(4-20-11)3-9(17)19-2/h4-7H,3H2,1-2H3,(H,14,15,18). The zero-order valence-electron chi connectivity index (χ0n) is 10.9. The lowest BCUT2D eigenvalue weighted by Crippen LogP contribution is -2.24. The normalized spacial score (nSPS) is 11.9. The predicted molar refractivity (Wildman–Crippen MR) is 71.2 cm³/mol. The Morgan fingerprint density at radius 2 is 2.35 bits per heavy atom. The van der Waals surface area contributed by atoms with Crippen LogP contribution in [-0.2, 0) is 20.7 Å². The molecule has 0 radical (unpaired) electrons. The van der Waals surface area contributed by atoms with Gasteiger partial charge in [-0.3, -0.25) is 9.59 Å². The molecular weight excluding hydrogens is 282 g/mol. The predicted octanol–water partition coefficient (Wildman–Crippen LogP) is 0.650. The van der Waals surface area contributed by atoms with E-state index >= 15 is 0 Å². The van der Waals surface area contributed by atoms with Gasteiger partial charge in [0.15, 0.2) is 5.13 Å². The maximum Gasteiger partial charge on any atom is 0.311 e. The lowest BCUT2D eigenvalue weighted by molar-refractivity contribution is -0.139. The molecule has 0 fully saturated rings. The minimum absolute atomic E-state index is 0.0848. The first-order valence-corrected chi connectivity index (χ1v) is 6.64. The Balaban J connectivity index is 1.96. The van der Waals surface area contributed by atoms with E-state index in [4.69, 9.17) is 0 Å². The molecule has 1 amide bonds. The summed E-state index contributed by atoms with van der Waals surface area (Å²) in [4.78, 5) is 31.0. The van der Waals surface area contributed by atoms with E-state index in [-0.39, 0.29) is 18.3 Å². The number of ether oxygens (including phenoxy) is 1. The summed E-state index contributed by atoms with van der Waals surface area (Å²) in [6.45, 7) is 1.70. The van der Waals surface area contributed by atoms with Crippen LogP contribution in [0.5, 0.6) is 0 Å². The third-order valence-electron chi connectivity index (χ3n) is 2.55. The van der Waals surface area contributed by atoms with E-state index < -0.39 is 6.04 Å². The lowest BCUT2D eigenvalue weighted by Gasteiger charge is -2.09. The fourth-order valence-corrected chi connectivity index (χ4v) is 2.13. The van der Waals surface area contributed by atoms with Crippen LogP contribution in [0.4, 0.5) is 5.13 Å². The van der Waals surface area contributed by atoms with Crippen LogP contribution in [0.25, 0.3) is 0 Å². The summed E-state index contributed by atoms with van der Waals surface area (Å²) in [6, 6.07) is -0.495. The van der Waals surface area contributed by atoms with E-state index in [9.17, 15) is 9.59 Å². The first-order chi connectivity index (χ1) is 9.60. The van der Waals surface area contributed by atoms with E-state index in [1.165, 1.54) is 35.8 Å². The SMILES string of the molecule is COC(=O)Cc1csc(NC(=O)C(C)n2cncn2)n1. The second-order valence-electron chi connectivity index (χ2n) is 3.94. The maximum atomic E-state index is 12.0. The zero-order chi connectivity index (χ0) is 14.5. The van der Waals surface area contributed by atoms with Crippen LogP contribution in [-0.4, -0.2) is 38.7 Å². The number of aromatic nitrogens is 4. The van der Waals surface area contributed by atoms with E-state index in [0.717, 1.165) is 0 Å². The van der Waals surface area contributed by atoms with Gasteiger partial charge in [-0.2, -0.15) is 5.10 Å². The van der Waals surface area contributed by atoms with Crippen LogP contribution < -0.4 is 5.32 Å². The Morgan fingerprint density at radius 3 is 3.00 bits per heavy atom. The molecule has 0 saturated carbocycles. The van der Waals surface area contributed by atoms with Crippen molar-refractivity contribution in [3.8, 4) is 0 Å². The molecule has 2 aromatic rings. The van der Waals surface area contributed by atoms with Crippen LogP contribution >= 0.6 is 11.3 Å². The number of rotatable bonds is 5. The Bertz CT molecular complexity index is 595. The molecule has 0 aliphatic carbocycles. The monoisotopic (exact) mass is 295 g/mol. The largest absolute Gasteiger partial charge is 0.469 e. The van der Waals surface area contributed by atoms with Gasteiger partial charge in [0.25, 0.3) is 5.91 Å². The fourth-order valence-electron chi connectivity index (χ4n) is 1.41. The highest BCUT2D eigenvalue weighted by molar-refractivity contribution is 7.13. The fraction of sp³-hybridized carbons (Fsp3) is 0.364. The van der Waals surface area contributed by atoms with Gasteiger partial charge in [-0.05, 0) is 6.92 Å². The summed E-state index contributed by atoms with van der Waals surface area (Å²) in [5.74, 6) is -0.626. The topological polar surface area (TPSA) is 99.0 Å². The van der Waals surface area contributed by atoms with Crippen molar-refractivity contribution in [1.82, 2.24) is 19.7 Å². The minimum Gasteiger partial charge on any atom is -0.469 e. The maximum absolute atomic E-state index is 12.0. The Hall–Kier alpha value is -2.29. The summed E-state index contributed by atoms with van der Waals surface area (Å²) in [5.41, 5.74) is 0.561. The molecule has 2 rings (SSSR count). The molecule has 2 heterocycles. The number of hydrogen-bond acceptors (Lipinski definition) is 7. The smallest absolute Gasteiger partial charge is 0.311 e. The first-order valence-electron chi connectivity index (χ1n) is 5.76. The van der Waals surface area contributed by atoms with Crippen molar-refractivity contribution in [3.05, 3.63) is 23.7 Å². The summed E-state index contributed by atoms with van der Waals surface area (Å²) < 4.78 is 5.99. The number of carbonyl (C=O) groups excluding carboxylic acids is 2. The van der Waals surface area contributed by atoms with Crippen molar-refractivity contribution in [3.63, 3.8) is 0 Å². The third kappa shape index (κ3) is 3.38. The molecule has 0 aliphatic rings. The van der Waals surface area contributed by atoms with Crippen molar-refractivity contribution in [2.75, 3.05) is 12.4 Å². The van der Waals surface area contributed by atoms with Gasteiger partial charge in [0.05, 0.1) is 19.2 Å². The van der Waals surface area contributed by atoms with E-state index in [0.29, 0.717) is 10.8 Å². The zero-order valence-corrected chi connectivity index (χ0v) is 11.8. The van der Waals surface area contributed by atoms with E-state index in [1.807, 2.05) is 0 Å². The third-order valence-corrected chi connectivity index (χ3v) is 3.35. The highest BCUT2D eigenvalue weighted by Crippen LogP contribution is 2.17. The molecule has 2 aromatic heterocycles. The van der Waals surface area contributed by atoms with Gasteiger partial charge >= 0.3 is 5.97 Å². The number of thiazole rings is 1. The molecule has 0 saturated heterocycles. The first kappa shape index (κ1) is 14.1. The molecule has 8 nitrogen and oxygen atoms in total. The summed E-state index contributed by atoms with van der Waals surface area (Å²) >= 11 is 1.25. The number of amides is 1. The minimum atomic E-state index is -0.495. The molecule has 9 heteroatoms. The van der Waals surface area contributed by atoms with Gasteiger partial charge in [-0.1, -0.05) is 0 Å². The average molecular weight is 295 g/mol. The Kier molecular flexibility index (Phi) is 4.41. The highest BCUT2D eigenvalue weighted by Gasteiger charge is 2.17. The van der Waals surface area contributed by atoms with E-state index in [1.54, 1.807) is 12.3 Å². The van der Waals surface area contributed by atoms with Gasteiger partial charge in [0, 0.05) is 5.38 Å². The molecule has 1 unspecified atom stereocenters. The van der Waals surface area contributed by atoms with Gasteiger partial charge in [0.1, 0.15) is 18.7 Å². The highest BCUT2D eigenvalue weighted by atomic mass is 32.1. The van der Waals surface area contributed by atoms with Crippen LogP contribution in [0.15, 0.2) is 18.0 Å². The number of esters is 1. The number of anilines is 1. The van der Waals surface area contributed by atoms with Gasteiger partial charge in [-0.25, -0.2) is 14.6 Å². The molecule has 0 aliphatic heterocycles. The number of nitrogens with zero attached hydrogens (tertiary/aromatic N) is 4. The molecule has 1 N–H and O–H groups in total. The second kappa shape index (κ2) is 6.24. The van der Waals surface area contributed by atoms with Crippen LogP contribution in [0.2, 0.25) is 0 Å². The number of carbonyl (C=O) groups is 2. The average Bonchev–Trinajstić information content (AvgIpc) is 3.09. The van der Waals surface area contributed by atoms with Crippen molar-refractivity contribution >= 4 is 28.3 Å². The van der Waals surface area contributed by atoms with Crippen LogP contribution in [0.3, 0.4) is 0 Å². The Morgan fingerprint density at radius 1 is 1.55 bits per heavy atom. The Labute approximate surface area is 118 Å². The second-order valence-corrected chi connectivity index (χ2v) is 4.80. The number of nitrogens with one attached hydrogen (secondary N) is 1. The van der Waals surface area contributed by atoms with E-state index in [2.05, 4.69) is 25.1 Å². The molecule has 0 spiro atoms. The van der Waals surface area contributed by atoms with Crippen molar-refractivity contribution in [1.29, 1.82) is 0 Å². The lowest BCUT2D eigenvalue weighted by atomic mass is 10.3. The van der Waals surface area contributed by atoms with Gasteiger partial charge in [0.2, 0.25) is 0 Å². The molecule has 20 heavy (non-hydrogen) atoms.